The molecule has 37 heavy (non-hydrogen) atoms. The van der Waals surface area contributed by atoms with E-state index >= 15 is 0 Å². The lowest BCUT2D eigenvalue weighted by atomic mass is 9.99. The molecule has 0 spiro atoms. The molecular formula is C25H52ClNO8S2. The number of halogens is 1. The predicted octanol–water partition coefficient (Wildman–Crippen LogP) is 4.88. The van der Waals surface area contributed by atoms with Gasteiger partial charge in [-0.3, -0.25) is 13.2 Å². The Kier molecular flexibility index (Phi) is 18.8. The van der Waals surface area contributed by atoms with Gasteiger partial charge in [-0.1, -0.05) is 54.4 Å². The Labute approximate surface area is 232 Å². The van der Waals surface area contributed by atoms with Gasteiger partial charge < -0.3 is 10.1 Å². The quantitative estimate of drug-likeness (QED) is 0.109. The lowest BCUT2D eigenvalue weighted by Crippen LogP contribution is -2.47. The van der Waals surface area contributed by atoms with Crippen LogP contribution >= 0.6 is 11.6 Å². The van der Waals surface area contributed by atoms with E-state index < -0.39 is 25.8 Å². The molecule has 0 amide bonds. The summed E-state index contributed by atoms with van der Waals surface area (Å²) in [4.78, 5) is 11.5. The minimum Gasteiger partial charge on any atom is -0.468 e. The van der Waals surface area contributed by atoms with E-state index in [0.29, 0.717) is 25.3 Å². The third kappa shape index (κ3) is 25.6. The highest BCUT2D eigenvalue weighted by atomic mass is 35.5. The Bertz CT molecular complexity index is 830. The monoisotopic (exact) mass is 593 g/mol. The molecule has 0 heterocycles. The fourth-order valence-electron chi connectivity index (χ4n) is 2.51. The van der Waals surface area contributed by atoms with Crippen molar-refractivity contribution in [3.63, 3.8) is 0 Å². The molecule has 1 N–H and O–H groups in total. The molecule has 0 aromatic carbocycles. The normalized spacial score (nSPS) is 13.1. The summed E-state index contributed by atoms with van der Waals surface area (Å²) in [5.41, 5.74) is -1.02. The van der Waals surface area contributed by atoms with E-state index in [1.165, 1.54) is 7.11 Å². The van der Waals surface area contributed by atoms with E-state index in [1.54, 1.807) is 13.8 Å². The maximum atomic E-state index is 11.7. The number of carbonyl (C=O) groups is 1. The maximum absolute atomic E-state index is 11.7. The molecule has 12 heteroatoms. The zero-order valence-electron chi connectivity index (χ0n) is 24.4. The summed E-state index contributed by atoms with van der Waals surface area (Å²) in [6.07, 6.45) is 4.40. The number of ether oxygens (including phenoxy) is 1. The molecule has 0 aliphatic heterocycles. The van der Waals surface area contributed by atoms with Crippen LogP contribution in [-0.2, 0) is 38.1 Å². The average Bonchev–Trinajstić information content (AvgIpc) is 2.75. The van der Waals surface area contributed by atoms with E-state index in [2.05, 4.69) is 5.32 Å². The van der Waals surface area contributed by atoms with Crippen molar-refractivity contribution in [1.82, 2.24) is 5.32 Å². The zero-order chi connectivity index (χ0) is 29.4. The van der Waals surface area contributed by atoms with Crippen molar-refractivity contribution in [1.29, 1.82) is 0 Å². The highest BCUT2D eigenvalue weighted by Gasteiger charge is 2.27. The van der Waals surface area contributed by atoms with Gasteiger partial charge in [0.2, 0.25) is 0 Å². The van der Waals surface area contributed by atoms with Gasteiger partial charge in [0.25, 0.3) is 20.2 Å². The van der Waals surface area contributed by atoms with Crippen molar-refractivity contribution in [3.8, 4) is 0 Å². The van der Waals surface area contributed by atoms with E-state index in [0.717, 1.165) is 25.7 Å². The summed E-state index contributed by atoms with van der Waals surface area (Å²) in [6, 6.07) is 0. The lowest BCUT2D eigenvalue weighted by Gasteiger charge is -2.23. The van der Waals surface area contributed by atoms with Crippen LogP contribution in [0.2, 0.25) is 0 Å². The standard InChI is InChI=1S/C15H31NO5S.C10H21ClO3S/c1-14(2,3)12-21-22(18,19)11-9-7-8-10-16-15(4,5)13(17)20-6;1-10(2,3)9-14-15(12,13)8-6-4-5-7-11/h16H,7-12H2,1-6H3;4-9H2,1-3H3. The minimum absolute atomic E-state index is 0.0312. The van der Waals surface area contributed by atoms with Crippen LogP contribution in [0.25, 0.3) is 0 Å². The van der Waals surface area contributed by atoms with Crippen LogP contribution in [-0.4, -0.2) is 72.6 Å². The Balaban J connectivity index is 0. The van der Waals surface area contributed by atoms with E-state index in [9.17, 15) is 21.6 Å². The van der Waals surface area contributed by atoms with Gasteiger partial charge in [0, 0.05) is 5.88 Å². The number of nitrogens with one attached hydrogen (secondary N) is 1. The lowest BCUT2D eigenvalue weighted by molar-refractivity contribution is -0.147. The van der Waals surface area contributed by atoms with Crippen LogP contribution in [0.1, 0.15) is 93.9 Å². The van der Waals surface area contributed by atoms with Crippen LogP contribution in [0.4, 0.5) is 0 Å². The fraction of sp³-hybridized carbons (Fsp3) is 0.960. The van der Waals surface area contributed by atoms with Gasteiger partial charge in [0.15, 0.2) is 0 Å². The topological polar surface area (TPSA) is 125 Å². The van der Waals surface area contributed by atoms with Crippen molar-refractivity contribution in [2.45, 2.75) is 99.5 Å². The molecule has 0 fully saturated rings. The van der Waals surface area contributed by atoms with Gasteiger partial charge >= 0.3 is 5.97 Å². The summed E-state index contributed by atoms with van der Waals surface area (Å²) in [6.45, 7) is 16.2. The Morgan fingerprint density at radius 1 is 0.703 bits per heavy atom. The van der Waals surface area contributed by atoms with Crippen LogP contribution in [0, 0.1) is 10.8 Å². The van der Waals surface area contributed by atoms with Gasteiger partial charge in [-0.05, 0) is 56.9 Å². The fourth-order valence-corrected chi connectivity index (χ4v) is 5.12. The van der Waals surface area contributed by atoms with Crippen LogP contribution in [0.15, 0.2) is 0 Å². The molecule has 0 rings (SSSR count). The Morgan fingerprint density at radius 2 is 1.11 bits per heavy atom. The van der Waals surface area contributed by atoms with Crippen molar-refractivity contribution < 1.29 is 34.7 Å². The third-order valence-electron chi connectivity index (χ3n) is 4.70. The molecule has 0 bridgehead atoms. The number of rotatable bonds is 17. The van der Waals surface area contributed by atoms with Crippen LogP contribution in [0.5, 0.6) is 0 Å². The molecule has 0 atom stereocenters. The van der Waals surface area contributed by atoms with E-state index in [4.69, 9.17) is 24.7 Å². The van der Waals surface area contributed by atoms with Crippen LogP contribution < -0.4 is 5.32 Å². The van der Waals surface area contributed by atoms with Crippen molar-refractivity contribution in [3.05, 3.63) is 0 Å². The third-order valence-corrected chi connectivity index (χ3v) is 7.50. The number of unbranched alkanes of at least 4 members (excludes halogenated alkanes) is 4. The summed E-state index contributed by atoms with van der Waals surface area (Å²) < 4.78 is 60.8. The summed E-state index contributed by atoms with van der Waals surface area (Å²) >= 11 is 5.49. The molecule has 0 unspecified atom stereocenters. The molecule has 0 aromatic heterocycles. The SMILES string of the molecule is CC(C)(C)COS(=O)(=O)CCCCCCl.COC(=O)C(C)(C)NCCCCCS(=O)(=O)OCC(C)(C)C. The Morgan fingerprint density at radius 3 is 1.46 bits per heavy atom. The second-order valence-corrected chi connectivity index (χ2v) is 15.9. The van der Waals surface area contributed by atoms with Gasteiger partial charge in [-0.15, -0.1) is 11.6 Å². The van der Waals surface area contributed by atoms with Crippen LogP contribution in [0.3, 0.4) is 0 Å². The molecule has 0 aromatic rings. The van der Waals surface area contributed by atoms with Crippen molar-refractivity contribution in [2.24, 2.45) is 10.8 Å². The smallest absolute Gasteiger partial charge is 0.325 e. The first kappa shape index (κ1) is 38.7. The second kappa shape index (κ2) is 18.0. The number of alkyl halides is 1. The van der Waals surface area contributed by atoms with E-state index in [-0.39, 0.29) is 41.5 Å². The van der Waals surface area contributed by atoms with Crippen molar-refractivity contribution in [2.75, 3.05) is 44.3 Å². The zero-order valence-corrected chi connectivity index (χ0v) is 26.8. The Hall–Kier alpha value is -0.460. The number of hydrogen-bond acceptors (Lipinski definition) is 9. The first-order chi connectivity index (χ1) is 16.7. The van der Waals surface area contributed by atoms with Gasteiger partial charge in [-0.2, -0.15) is 16.8 Å². The van der Waals surface area contributed by atoms with Crippen molar-refractivity contribution >= 4 is 37.8 Å². The maximum Gasteiger partial charge on any atom is 0.325 e. The summed E-state index contributed by atoms with van der Waals surface area (Å²) in [7, 11) is -5.43. The first-order valence-corrected chi connectivity index (χ1v) is 16.5. The largest absolute Gasteiger partial charge is 0.468 e. The molecule has 0 aliphatic rings. The molecule has 0 radical (unpaired) electrons. The number of esters is 1. The highest BCUT2D eigenvalue weighted by molar-refractivity contribution is 7.86. The van der Waals surface area contributed by atoms with Gasteiger partial charge in [0.1, 0.15) is 5.54 Å². The molecule has 0 aliphatic carbocycles. The number of methoxy groups -OCH3 is 1. The first-order valence-electron chi connectivity index (χ1n) is 12.8. The highest BCUT2D eigenvalue weighted by Crippen LogP contribution is 2.16. The molecule has 0 saturated carbocycles. The second-order valence-electron chi connectivity index (χ2n) is 12.0. The van der Waals surface area contributed by atoms with Gasteiger partial charge in [0.05, 0.1) is 31.8 Å². The number of carbonyl (C=O) groups excluding carboxylic acids is 1. The molecule has 224 valence electrons. The van der Waals surface area contributed by atoms with E-state index in [1.807, 2.05) is 41.5 Å². The molecule has 9 nitrogen and oxygen atoms in total. The molecular weight excluding hydrogens is 542 g/mol. The number of hydrogen-bond donors (Lipinski definition) is 1. The average molecular weight is 594 g/mol. The predicted molar refractivity (Wildman–Crippen MR) is 151 cm³/mol. The minimum atomic E-state index is -3.44. The summed E-state index contributed by atoms with van der Waals surface area (Å²) in [5.74, 6) is 0.400. The van der Waals surface area contributed by atoms with Gasteiger partial charge in [-0.25, -0.2) is 0 Å². The molecule has 0 saturated heterocycles. The summed E-state index contributed by atoms with van der Waals surface area (Å²) in [5, 5.41) is 3.10.